The number of thiophene rings is 1. The molecule has 0 aliphatic heterocycles. The second-order valence-corrected chi connectivity index (χ2v) is 5.08. The average Bonchev–Trinajstić information content (AvgIpc) is 3.07. The highest BCUT2D eigenvalue weighted by Gasteiger charge is 2.11. The van der Waals surface area contributed by atoms with E-state index in [1.807, 2.05) is 23.6 Å². The third-order valence-electron chi connectivity index (χ3n) is 3.05. The second-order valence-electron chi connectivity index (χ2n) is 4.13. The smallest absolute Gasteiger partial charge is 0.258 e. The summed E-state index contributed by atoms with van der Waals surface area (Å²) >= 11 is 1.64. The van der Waals surface area contributed by atoms with Gasteiger partial charge in [0.15, 0.2) is 5.65 Å². The Bertz CT molecular complexity index is 936. The Hall–Kier alpha value is -2.47. The molecule has 92 valence electrons. The van der Waals surface area contributed by atoms with Gasteiger partial charge in [0, 0.05) is 17.3 Å². The zero-order valence-electron chi connectivity index (χ0n) is 9.70. The van der Waals surface area contributed by atoms with Crippen LogP contribution in [0.4, 0.5) is 0 Å². The Morgan fingerprint density at radius 2 is 2.21 bits per heavy atom. The molecule has 4 rings (SSSR count). The number of H-pyrrole nitrogens is 1. The SMILES string of the molecule is O=c1[nH]ccc2c1cnc1c(-c3cccs3)cnn12. The molecule has 0 amide bonds. The van der Waals surface area contributed by atoms with Crippen molar-refractivity contribution in [2.75, 3.05) is 0 Å². The van der Waals surface area contributed by atoms with Gasteiger partial charge in [0.2, 0.25) is 0 Å². The predicted octanol–water partition coefficient (Wildman–Crippen LogP) is 2.30. The summed E-state index contributed by atoms with van der Waals surface area (Å²) in [5.41, 5.74) is 2.36. The third-order valence-corrected chi connectivity index (χ3v) is 3.95. The first kappa shape index (κ1) is 10.5. The van der Waals surface area contributed by atoms with Crippen LogP contribution in [0.3, 0.4) is 0 Å². The van der Waals surface area contributed by atoms with E-state index in [-0.39, 0.29) is 5.56 Å². The zero-order chi connectivity index (χ0) is 12.8. The number of hydrogen-bond donors (Lipinski definition) is 1. The average molecular weight is 268 g/mol. The standard InChI is InChI=1S/C13H8N4OS/c18-13-8-6-15-12-9(11-2-1-5-19-11)7-16-17(12)10(8)3-4-14-13/h1-7H,(H,14,18). The molecule has 0 atom stereocenters. The molecule has 0 spiro atoms. The van der Waals surface area contributed by atoms with Gasteiger partial charge in [-0.1, -0.05) is 6.07 Å². The Labute approximate surface area is 111 Å². The van der Waals surface area contributed by atoms with E-state index in [1.54, 1.807) is 34.4 Å². The first-order valence-corrected chi connectivity index (χ1v) is 6.60. The fraction of sp³-hybridized carbons (Fsp3) is 0. The minimum absolute atomic E-state index is 0.153. The first-order chi connectivity index (χ1) is 9.34. The molecule has 0 saturated heterocycles. The van der Waals surface area contributed by atoms with E-state index in [0.29, 0.717) is 5.39 Å². The van der Waals surface area contributed by atoms with Crippen LogP contribution in [0.1, 0.15) is 0 Å². The lowest BCUT2D eigenvalue weighted by Gasteiger charge is -2.00. The van der Waals surface area contributed by atoms with Crippen LogP contribution < -0.4 is 5.56 Å². The number of rotatable bonds is 1. The lowest BCUT2D eigenvalue weighted by molar-refractivity contribution is 0.979. The Morgan fingerprint density at radius 1 is 1.26 bits per heavy atom. The predicted molar refractivity (Wildman–Crippen MR) is 74.4 cm³/mol. The van der Waals surface area contributed by atoms with Gasteiger partial charge in [-0.05, 0) is 17.5 Å². The maximum atomic E-state index is 11.7. The highest BCUT2D eigenvalue weighted by Crippen LogP contribution is 2.28. The third kappa shape index (κ3) is 1.43. The van der Waals surface area contributed by atoms with Crippen LogP contribution >= 0.6 is 11.3 Å². The van der Waals surface area contributed by atoms with Crippen LogP contribution in [0.2, 0.25) is 0 Å². The van der Waals surface area contributed by atoms with Crippen molar-refractivity contribution in [3.05, 3.63) is 52.5 Å². The molecule has 0 aliphatic carbocycles. The van der Waals surface area contributed by atoms with E-state index >= 15 is 0 Å². The summed E-state index contributed by atoms with van der Waals surface area (Å²) in [6.45, 7) is 0. The Morgan fingerprint density at radius 3 is 3.05 bits per heavy atom. The molecule has 4 aromatic rings. The maximum Gasteiger partial charge on any atom is 0.258 e. The van der Waals surface area contributed by atoms with Gasteiger partial charge in [0.25, 0.3) is 5.56 Å². The summed E-state index contributed by atoms with van der Waals surface area (Å²) < 4.78 is 1.71. The number of hydrogen-bond acceptors (Lipinski definition) is 4. The molecule has 0 bridgehead atoms. The van der Waals surface area contributed by atoms with Gasteiger partial charge in [-0.25, -0.2) is 9.50 Å². The lowest BCUT2D eigenvalue weighted by atomic mass is 10.2. The normalized spacial score (nSPS) is 11.4. The van der Waals surface area contributed by atoms with E-state index in [2.05, 4.69) is 15.1 Å². The van der Waals surface area contributed by atoms with E-state index < -0.39 is 0 Å². The van der Waals surface area contributed by atoms with E-state index in [9.17, 15) is 4.79 Å². The van der Waals surface area contributed by atoms with E-state index in [4.69, 9.17) is 0 Å². The van der Waals surface area contributed by atoms with Crippen molar-refractivity contribution in [1.82, 2.24) is 19.6 Å². The van der Waals surface area contributed by atoms with Crippen LogP contribution in [0, 0.1) is 0 Å². The van der Waals surface area contributed by atoms with Crippen molar-refractivity contribution in [3.8, 4) is 10.4 Å². The Kier molecular flexibility index (Phi) is 2.07. The molecule has 6 heteroatoms. The van der Waals surface area contributed by atoms with Crippen molar-refractivity contribution in [2.24, 2.45) is 0 Å². The number of aromatic nitrogens is 4. The van der Waals surface area contributed by atoms with E-state index in [1.165, 1.54) is 0 Å². The molecule has 0 aliphatic rings. The van der Waals surface area contributed by atoms with Crippen LogP contribution in [-0.4, -0.2) is 19.6 Å². The van der Waals surface area contributed by atoms with Crippen molar-refractivity contribution >= 4 is 27.9 Å². The fourth-order valence-electron chi connectivity index (χ4n) is 2.16. The van der Waals surface area contributed by atoms with Gasteiger partial charge in [-0.3, -0.25) is 4.79 Å². The highest BCUT2D eigenvalue weighted by atomic mass is 32.1. The van der Waals surface area contributed by atoms with Gasteiger partial charge in [0.1, 0.15) is 0 Å². The number of nitrogens with one attached hydrogen (secondary N) is 1. The number of nitrogens with zero attached hydrogens (tertiary/aromatic N) is 3. The Balaban J connectivity index is 2.15. The summed E-state index contributed by atoms with van der Waals surface area (Å²) in [6.07, 6.45) is 5.01. The van der Waals surface area contributed by atoms with Crippen LogP contribution in [0.5, 0.6) is 0 Å². The molecule has 0 unspecified atom stereocenters. The number of pyridine rings is 1. The quantitative estimate of drug-likeness (QED) is 0.576. The molecule has 4 heterocycles. The summed E-state index contributed by atoms with van der Waals surface area (Å²) in [6, 6.07) is 5.86. The molecule has 0 radical (unpaired) electrons. The zero-order valence-corrected chi connectivity index (χ0v) is 10.5. The maximum absolute atomic E-state index is 11.7. The lowest BCUT2D eigenvalue weighted by Crippen LogP contribution is -2.07. The summed E-state index contributed by atoms with van der Waals surface area (Å²) in [4.78, 5) is 19.9. The van der Waals surface area contributed by atoms with Gasteiger partial charge in [-0.15, -0.1) is 11.3 Å². The van der Waals surface area contributed by atoms with Crippen LogP contribution in [0.15, 0.2) is 47.0 Å². The molecule has 0 saturated carbocycles. The molecule has 1 N–H and O–H groups in total. The molecule has 4 aromatic heterocycles. The van der Waals surface area contributed by atoms with Gasteiger partial charge in [-0.2, -0.15) is 5.10 Å². The van der Waals surface area contributed by atoms with Gasteiger partial charge < -0.3 is 4.98 Å². The molecule has 0 fully saturated rings. The number of aromatic amines is 1. The minimum Gasteiger partial charge on any atom is -0.328 e. The molecule has 19 heavy (non-hydrogen) atoms. The molecule has 5 nitrogen and oxygen atoms in total. The highest BCUT2D eigenvalue weighted by molar-refractivity contribution is 7.13. The summed E-state index contributed by atoms with van der Waals surface area (Å²) in [5.74, 6) is 0. The topological polar surface area (TPSA) is 63.0 Å². The van der Waals surface area contributed by atoms with Gasteiger partial charge in [0.05, 0.1) is 22.7 Å². The summed E-state index contributed by atoms with van der Waals surface area (Å²) in [5, 5.41) is 6.91. The molecular formula is C13H8N4OS. The largest absolute Gasteiger partial charge is 0.328 e. The first-order valence-electron chi connectivity index (χ1n) is 5.72. The minimum atomic E-state index is -0.153. The summed E-state index contributed by atoms with van der Waals surface area (Å²) in [7, 11) is 0. The fourth-order valence-corrected chi connectivity index (χ4v) is 2.90. The second kappa shape index (κ2) is 3.76. The van der Waals surface area contributed by atoms with Crippen molar-refractivity contribution < 1.29 is 0 Å². The molecular weight excluding hydrogens is 260 g/mol. The van der Waals surface area contributed by atoms with Crippen LogP contribution in [0.25, 0.3) is 27.0 Å². The van der Waals surface area contributed by atoms with Crippen molar-refractivity contribution in [1.29, 1.82) is 0 Å². The molecule has 0 aromatic carbocycles. The van der Waals surface area contributed by atoms with Gasteiger partial charge >= 0.3 is 0 Å². The monoisotopic (exact) mass is 268 g/mol. The van der Waals surface area contributed by atoms with Crippen molar-refractivity contribution in [2.45, 2.75) is 0 Å². The van der Waals surface area contributed by atoms with Crippen LogP contribution in [-0.2, 0) is 0 Å². The number of fused-ring (bicyclic) bond motifs is 3. The van der Waals surface area contributed by atoms with E-state index in [0.717, 1.165) is 21.6 Å². The van der Waals surface area contributed by atoms with Crippen molar-refractivity contribution in [3.63, 3.8) is 0 Å².